The molecule has 1 aromatic carbocycles. The van der Waals surface area contributed by atoms with Crippen LogP contribution in [0.25, 0.3) is 0 Å². The van der Waals surface area contributed by atoms with E-state index in [4.69, 9.17) is 9.47 Å². The summed E-state index contributed by atoms with van der Waals surface area (Å²) >= 11 is 1.61. The van der Waals surface area contributed by atoms with Crippen molar-refractivity contribution in [2.45, 2.75) is 19.4 Å². The zero-order valence-corrected chi connectivity index (χ0v) is 13.2. The van der Waals surface area contributed by atoms with E-state index in [9.17, 15) is 4.79 Å². The summed E-state index contributed by atoms with van der Waals surface area (Å²) in [6, 6.07) is 11.0. The molecule has 1 aromatic heterocycles. The fourth-order valence-corrected chi connectivity index (χ4v) is 3.02. The van der Waals surface area contributed by atoms with Gasteiger partial charge in [0.25, 0.3) is 0 Å². The largest absolute Gasteiger partial charge is 0.495 e. The van der Waals surface area contributed by atoms with E-state index < -0.39 is 6.04 Å². The van der Waals surface area contributed by atoms with Crippen molar-refractivity contribution < 1.29 is 14.3 Å². The third-order valence-corrected chi connectivity index (χ3v) is 4.45. The molecular formula is C16H19NO3S. The Morgan fingerprint density at radius 3 is 2.62 bits per heavy atom. The summed E-state index contributed by atoms with van der Waals surface area (Å²) in [7, 11) is 3.00. The lowest BCUT2D eigenvalue weighted by Crippen LogP contribution is -2.21. The Hall–Kier alpha value is -2.01. The Balaban J connectivity index is 2.30. The number of thiophene rings is 1. The van der Waals surface area contributed by atoms with Gasteiger partial charge < -0.3 is 14.8 Å². The summed E-state index contributed by atoms with van der Waals surface area (Å²) in [6.07, 6.45) is 0.952. The number of aryl methyl sites for hydroxylation is 1. The average molecular weight is 305 g/mol. The molecule has 0 saturated heterocycles. The predicted octanol–water partition coefficient (Wildman–Crippen LogP) is 3.65. The lowest BCUT2D eigenvalue weighted by Gasteiger charge is -2.18. The highest BCUT2D eigenvalue weighted by atomic mass is 32.1. The maximum Gasteiger partial charge on any atom is 0.333 e. The Bertz CT molecular complexity index is 609. The zero-order valence-electron chi connectivity index (χ0n) is 12.4. The molecule has 0 spiro atoms. The molecule has 0 aliphatic heterocycles. The third kappa shape index (κ3) is 3.55. The monoisotopic (exact) mass is 305 g/mol. The van der Waals surface area contributed by atoms with Crippen LogP contribution < -0.4 is 10.1 Å². The van der Waals surface area contributed by atoms with Crippen molar-refractivity contribution in [3.8, 4) is 5.75 Å². The topological polar surface area (TPSA) is 47.6 Å². The van der Waals surface area contributed by atoms with Crippen molar-refractivity contribution in [1.82, 2.24) is 0 Å². The molecule has 0 radical (unpaired) electrons. The maximum absolute atomic E-state index is 12.1. The number of carbonyl (C=O) groups excluding carboxylic acids is 1. The molecule has 0 aliphatic carbocycles. The molecule has 1 unspecified atom stereocenters. The number of para-hydroxylation sites is 2. The van der Waals surface area contributed by atoms with Gasteiger partial charge in [0, 0.05) is 9.75 Å². The Kier molecular flexibility index (Phi) is 5.22. The van der Waals surface area contributed by atoms with Crippen LogP contribution in [0.2, 0.25) is 0 Å². The van der Waals surface area contributed by atoms with Crippen molar-refractivity contribution in [3.63, 3.8) is 0 Å². The zero-order chi connectivity index (χ0) is 15.2. The van der Waals surface area contributed by atoms with Gasteiger partial charge in [0.1, 0.15) is 5.75 Å². The van der Waals surface area contributed by atoms with Gasteiger partial charge in [0.05, 0.1) is 19.9 Å². The van der Waals surface area contributed by atoms with Gasteiger partial charge in [-0.2, -0.15) is 0 Å². The molecule has 0 aliphatic rings. The number of nitrogens with one attached hydrogen (secondary N) is 1. The minimum Gasteiger partial charge on any atom is -0.495 e. The van der Waals surface area contributed by atoms with Crippen molar-refractivity contribution in [1.29, 1.82) is 0 Å². The number of hydrogen-bond acceptors (Lipinski definition) is 5. The quantitative estimate of drug-likeness (QED) is 0.828. The highest BCUT2D eigenvalue weighted by Crippen LogP contribution is 2.31. The van der Waals surface area contributed by atoms with Crippen LogP contribution in [0.4, 0.5) is 5.69 Å². The molecule has 0 fully saturated rings. The first-order valence-corrected chi connectivity index (χ1v) is 7.57. The molecule has 112 valence electrons. The van der Waals surface area contributed by atoms with Gasteiger partial charge in [0.2, 0.25) is 0 Å². The van der Waals surface area contributed by atoms with Crippen LogP contribution in [0, 0.1) is 0 Å². The van der Waals surface area contributed by atoms with Gasteiger partial charge in [-0.1, -0.05) is 19.1 Å². The number of methoxy groups -OCH3 is 2. The first-order valence-electron chi connectivity index (χ1n) is 6.75. The molecule has 0 saturated carbocycles. The fourth-order valence-electron chi connectivity index (χ4n) is 2.02. The van der Waals surface area contributed by atoms with E-state index >= 15 is 0 Å². The summed E-state index contributed by atoms with van der Waals surface area (Å²) in [4.78, 5) is 14.3. The van der Waals surface area contributed by atoms with E-state index in [0.717, 1.165) is 17.0 Å². The molecule has 2 rings (SSSR count). The van der Waals surface area contributed by atoms with Gasteiger partial charge in [-0.3, -0.25) is 0 Å². The van der Waals surface area contributed by atoms with Gasteiger partial charge >= 0.3 is 5.97 Å². The normalized spacial score (nSPS) is 11.8. The van der Waals surface area contributed by atoms with E-state index in [1.807, 2.05) is 36.4 Å². The lowest BCUT2D eigenvalue weighted by molar-refractivity contribution is -0.141. The van der Waals surface area contributed by atoms with Crippen LogP contribution in [0.3, 0.4) is 0 Å². The number of hydrogen-bond donors (Lipinski definition) is 1. The number of rotatable bonds is 6. The highest BCUT2D eigenvalue weighted by Gasteiger charge is 2.24. The second-order valence-corrected chi connectivity index (χ2v) is 5.66. The first kappa shape index (κ1) is 15.4. The van der Waals surface area contributed by atoms with Crippen LogP contribution >= 0.6 is 11.3 Å². The standard InChI is InChI=1S/C16H19NO3S/c1-4-11-9-10-14(21-11)15(16(18)20-3)17-12-7-5-6-8-13(12)19-2/h5-10,15,17H,4H2,1-3H3. The Labute approximate surface area is 128 Å². The maximum atomic E-state index is 12.1. The minimum absolute atomic E-state index is 0.314. The van der Waals surface area contributed by atoms with Crippen LogP contribution in [0.5, 0.6) is 5.75 Å². The van der Waals surface area contributed by atoms with E-state index in [1.54, 1.807) is 18.4 Å². The van der Waals surface area contributed by atoms with E-state index in [2.05, 4.69) is 12.2 Å². The average Bonchev–Trinajstić information content (AvgIpc) is 3.01. The van der Waals surface area contributed by atoms with E-state index in [-0.39, 0.29) is 5.97 Å². The number of benzene rings is 1. The number of esters is 1. The molecule has 2 aromatic rings. The van der Waals surface area contributed by atoms with E-state index in [0.29, 0.717) is 5.75 Å². The van der Waals surface area contributed by atoms with E-state index in [1.165, 1.54) is 12.0 Å². The highest BCUT2D eigenvalue weighted by molar-refractivity contribution is 7.12. The second kappa shape index (κ2) is 7.13. The number of ether oxygens (including phenoxy) is 2. The molecule has 4 nitrogen and oxygen atoms in total. The summed E-state index contributed by atoms with van der Waals surface area (Å²) in [6.45, 7) is 2.09. The van der Waals surface area contributed by atoms with Crippen LogP contribution in [0.15, 0.2) is 36.4 Å². The van der Waals surface area contributed by atoms with Gasteiger partial charge in [-0.05, 0) is 30.7 Å². The fraction of sp³-hybridized carbons (Fsp3) is 0.312. The van der Waals surface area contributed by atoms with Crippen molar-refractivity contribution >= 4 is 23.0 Å². The SMILES string of the molecule is CCc1ccc(C(Nc2ccccc2OC)C(=O)OC)s1. The smallest absolute Gasteiger partial charge is 0.333 e. The molecule has 5 heteroatoms. The van der Waals surface area contributed by atoms with Crippen molar-refractivity contribution in [2.75, 3.05) is 19.5 Å². The molecule has 1 N–H and O–H groups in total. The molecule has 0 amide bonds. The van der Waals surface area contributed by atoms with Gasteiger partial charge in [-0.15, -0.1) is 11.3 Å². The van der Waals surface area contributed by atoms with Gasteiger partial charge in [-0.25, -0.2) is 4.79 Å². The van der Waals surface area contributed by atoms with Crippen molar-refractivity contribution in [2.24, 2.45) is 0 Å². The Morgan fingerprint density at radius 2 is 2.00 bits per heavy atom. The van der Waals surface area contributed by atoms with Crippen LogP contribution in [-0.4, -0.2) is 20.2 Å². The lowest BCUT2D eigenvalue weighted by atomic mass is 10.2. The molecule has 1 heterocycles. The predicted molar refractivity (Wildman–Crippen MR) is 85.1 cm³/mol. The summed E-state index contributed by atoms with van der Waals surface area (Å²) in [5.41, 5.74) is 0.766. The first-order chi connectivity index (χ1) is 10.2. The third-order valence-electron chi connectivity index (χ3n) is 3.16. The van der Waals surface area contributed by atoms with Crippen LogP contribution in [0.1, 0.15) is 22.7 Å². The molecule has 21 heavy (non-hydrogen) atoms. The molecule has 0 bridgehead atoms. The van der Waals surface area contributed by atoms with Crippen LogP contribution in [-0.2, 0) is 16.0 Å². The number of anilines is 1. The second-order valence-electron chi connectivity index (χ2n) is 4.46. The molecule has 1 atom stereocenters. The number of carbonyl (C=O) groups is 1. The minimum atomic E-state index is -0.531. The Morgan fingerprint density at radius 1 is 1.24 bits per heavy atom. The summed E-state index contributed by atoms with van der Waals surface area (Å²) < 4.78 is 10.2. The molecular weight excluding hydrogens is 286 g/mol. The summed E-state index contributed by atoms with van der Waals surface area (Å²) in [5.74, 6) is 0.379. The van der Waals surface area contributed by atoms with Gasteiger partial charge in [0.15, 0.2) is 6.04 Å². The summed E-state index contributed by atoms with van der Waals surface area (Å²) in [5, 5.41) is 3.21. The van der Waals surface area contributed by atoms with Crippen molar-refractivity contribution in [3.05, 3.63) is 46.2 Å².